The molecule has 3 rings (SSSR count). The average Bonchev–Trinajstić information content (AvgIpc) is 2.88. The van der Waals surface area contributed by atoms with Crippen molar-refractivity contribution in [2.24, 2.45) is 0 Å². The van der Waals surface area contributed by atoms with Gasteiger partial charge in [-0.25, -0.2) is 8.42 Å². The van der Waals surface area contributed by atoms with Crippen molar-refractivity contribution in [3.05, 3.63) is 83.9 Å². The molecule has 0 unspecified atom stereocenters. The third-order valence-corrected chi connectivity index (χ3v) is 7.27. The second-order valence-corrected chi connectivity index (χ2v) is 9.88. The number of carbonyl (C=O) groups is 1. The predicted octanol–water partition coefficient (Wildman–Crippen LogP) is 3.68. The summed E-state index contributed by atoms with van der Waals surface area (Å²) in [4.78, 5) is 14.4. The summed E-state index contributed by atoms with van der Waals surface area (Å²) in [6.07, 6.45) is 0. The summed E-state index contributed by atoms with van der Waals surface area (Å²) >= 11 is 0. The lowest BCUT2D eigenvalue weighted by Gasteiger charge is -2.21. The zero-order chi connectivity index (χ0) is 25.4. The number of rotatable bonds is 11. The van der Waals surface area contributed by atoms with E-state index in [9.17, 15) is 13.2 Å². The molecule has 186 valence electrons. The number of ether oxygens (including phenoxy) is 3. The van der Waals surface area contributed by atoms with E-state index >= 15 is 0 Å². The van der Waals surface area contributed by atoms with Gasteiger partial charge in [-0.1, -0.05) is 30.3 Å². The molecule has 0 atom stereocenters. The van der Waals surface area contributed by atoms with Gasteiger partial charge >= 0.3 is 0 Å². The summed E-state index contributed by atoms with van der Waals surface area (Å²) in [7, 11) is 2.21. The van der Waals surface area contributed by atoms with Crippen molar-refractivity contribution in [1.82, 2.24) is 9.21 Å². The van der Waals surface area contributed by atoms with Crippen LogP contribution in [0, 0.1) is 0 Å². The minimum atomic E-state index is -3.92. The van der Waals surface area contributed by atoms with Gasteiger partial charge < -0.3 is 19.1 Å². The fourth-order valence-electron chi connectivity index (χ4n) is 3.40. The van der Waals surface area contributed by atoms with Crippen LogP contribution in [0.25, 0.3) is 0 Å². The Morgan fingerprint density at radius 2 is 1.51 bits per heavy atom. The summed E-state index contributed by atoms with van der Waals surface area (Å²) < 4.78 is 44.0. The standard InChI is InChI=1S/C26H30N2O6S/c1-27(16-17-34-23-13-11-22(32-3)12-14-23)26(29)21-10-15-24(33-4)25(18-21)35(30,31)28(2)19-20-8-6-5-7-9-20/h5-15,18H,16-17,19H2,1-4H3. The van der Waals surface area contributed by atoms with E-state index in [2.05, 4.69) is 0 Å². The van der Waals surface area contributed by atoms with Crippen LogP contribution in [0.1, 0.15) is 15.9 Å². The van der Waals surface area contributed by atoms with Crippen LogP contribution in [0.5, 0.6) is 17.2 Å². The van der Waals surface area contributed by atoms with E-state index in [1.165, 1.54) is 35.5 Å². The van der Waals surface area contributed by atoms with Crippen LogP contribution in [0.4, 0.5) is 0 Å². The van der Waals surface area contributed by atoms with E-state index in [0.717, 1.165) is 11.3 Å². The van der Waals surface area contributed by atoms with Crippen molar-refractivity contribution in [3.8, 4) is 17.2 Å². The lowest BCUT2D eigenvalue weighted by atomic mass is 10.2. The van der Waals surface area contributed by atoms with Crippen LogP contribution in [0.15, 0.2) is 77.7 Å². The topological polar surface area (TPSA) is 85.4 Å². The monoisotopic (exact) mass is 498 g/mol. The SMILES string of the molecule is COc1ccc(OCCN(C)C(=O)c2ccc(OC)c(S(=O)(=O)N(C)Cc3ccccc3)c2)cc1. The summed E-state index contributed by atoms with van der Waals surface area (Å²) in [5.74, 6) is 1.23. The first-order chi connectivity index (χ1) is 16.8. The third kappa shape index (κ3) is 6.52. The molecule has 3 aromatic carbocycles. The van der Waals surface area contributed by atoms with Crippen molar-refractivity contribution in [1.29, 1.82) is 0 Å². The molecule has 0 aliphatic carbocycles. The predicted molar refractivity (Wildman–Crippen MR) is 134 cm³/mol. The van der Waals surface area contributed by atoms with Crippen LogP contribution in [0.2, 0.25) is 0 Å². The Hall–Kier alpha value is -3.56. The average molecular weight is 499 g/mol. The van der Waals surface area contributed by atoms with Gasteiger partial charge in [-0.3, -0.25) is 4.79 Å². The van der Waals surface area contributed by atoms with Gasteiger partial charge in [-0.15, -0.1) is 0 Å². The van der Waals surface area contributed by atoms with E-state index < -0.39 is 10.0 Å². The van der Waals surface area contributed by atoms with E-state index in [1.54, 1.807) is 44.5 Å². The van der Waals surface area contributed by atoms with Crippen LogP contribution < -0.4 is 14.2 Å². The molecule has 0 heterocycles. The Labute approximate surface area is 206 Å². The molecule has 9 heteroatoms. The zero-order valence-electron chi connectivity index (χ0n) is 20.3. The molecule has 0 spiro atoms. The number of hydrogen-bond acceptors (Lipinski definition) is 6. The van der Waals surface area contributed by atoms with Gasteiger partial charge in [0.2, 0.25) is 10.0 Å². The van der Waals surface area contributed by atoms with Crippen molar-refractivity contribution in [2.75, 3.05) is 41.5 Å². The molecule has 0 aromatic heterocycles. The fourth-order valence-corrected chi connectivity index (χ4v) is 4.74. The number of methoxy groups -OCH3 is 2. The largest absolute Gasteiger partial charge is 0.497 e. The smallest absolute Gasteiger partial charge is 0.253 e. The first-order valence-corrected chi connectivity index (χ1v) is 12.4. The number of hydrogen-bond donors (Lipinski definition) is 0. The third-order valence-electron chi connectivity index (χ3n) is 5.45. The van der Waals surface area contributed by atoms with Gasteiger partial charge in [-0.05, 0) is 48.0 Å². The zero-order valence-corrected chi connectivity index (χ0v) is 21.1. The molecule has 3 aromatic rings. The molecular formula is C26H30N2O6S. The maximum Gasteiger partial charge on any atom is 0.253 e. The van der Waals surface area contributed by atoms with Gasteiger partial charge in [0.05, 0.1) is 20.8 Å². The normalized spacial score (nSPS) is 11.2. The first-order valence-electron chi connectivity index (χ1n) is 11.0. The number of amides is 1. The lowest BCUT2D eigenvalue weighted by Crippen LogP contribution is -2.31. The molecule has 0 saturated heterocycles. The second-order valence-electron chi connectivity index (χ2n) is 7.86. The number of carbonyl (C=O) groups excluding carboxylic acids is 1. The van der Waals surface area contributed by atoms with Crippen LogP contribution in [-0.4, -0.2) is 65.0 Å². The summed E-state index contributed by atoms with van der Waals surface area (Å²) in [5.41, 5.74) is 1.09. The molecule has 0 aliphatic heterocycles. The summed E-state index contributed by atoms with van der Waals surface area (Å²) in [6.45, 7) is 0.773. The molecule has 0 N–H and O–H groups in total. The van der Waals surface area contributed by atoms with Crippen LogP contribution >= 0.6 is 0 Å². The van der Waals surface area contributed by atoms with Crippen LogP contribution in [-0.2, 0) is 16.6 Å². The van der Waals surface area contributed by atoms with Gasteiger partial charge in [0.15, 0.2) is 0 Å². The minimum Gasteiger partial charge on any atom is -0.497 e. The Balaban J connectivity index is 1.71. The fraction of sp³-hybridized carbons (Fsp3) is 0.269. The van der Waals surface area contributed by atoms with E-state index in [4.69, 9.17) is 14.2 Å². The lowest BCUT2D eigenvalue weighted by molar-refractivity contribution is 0.0773. The Kier molecular flexibility index (Phi) is 8.73. The number of likely N-dealkylation sites (N-methyl/N-ethyl adjacent to an activating group) is 1. The van der Waals surface area contributed by atoms with Gasteiger partial charge in [0.25, 0.3) is 5.91 Å². The molecule has 1 amide bonds. The van der Waals surface area contributed by atoms with E-state index in [1.807, 2.05) is 30.3 Å². The number of sulfonamides is 1. The van der Waals surface area contributed by atoms with E-state index in [-0.39, 0.29) is 35.3 Å². The molecule has 0 aliphatic rings. The van der Waals surface area contributed by atoms with Gasteiger partial charge in [0.1, 0.15) is 28.8 Å². The van der Waals surface area contributed by atoms with Crippen LogP contribution in [0.3, 0.4) is 0 Å². The highest BCUT2D eigenvalue weighted by atomic mass is 32.2. The highest BCUT2D eigenvalue weighted by Crippen LogP contribution is 2.28. The van der Waals surface area contributed by atoms with E-state index in [0.29, 0.717) is 12.3 Å². The summed E-state index contributed by atoms with van der Waals surface area (Å²) in [5, 5.41) is 0. The molecule has 0 bridgehead atoms. The quantitative estimate of drug-likeness (QED) is 0.401. The molecule has 35 heavy (non-hydrogen) atoms. The maximum atomic E-state index is 13.3. The molecule has 8 nitrogen and oxygen atoms in total. The summed E-state index contributed by atoms with van der Waals surface area (Å²) in [6, 6.07) is 20.8. The Morgan fingerprint density at radius 1 is 0.857 bits per heavy atom. The molecule has 0 fully saturated rings. The highest BCUT2D eigenvalue weighted by Gasteiger charge is 2.27. The maximum absolute atomic E-state index is 13.3. The first kappa shape index (κ1) is 26.1. The Bertz CT molecular complexity index is 1230. The van der Waals surface area contributed by atoms with Crippen molar-refractivity contribution in [3.63, 3.8) is 0 Å². The van der Waals surface area contributed by atoms with Gasteiger partial charge in [0, 0.05) is 26.2 Å². The van der Waals surface area contributed by atoms with Crippen molar-refractivity contribution in [2.45, 2.75) is 11.4 Å². The van der Waals surface area contributed by atoms with Crippen molar-refractivity contribution >= 4 is 15.9 Å². The second kappa shape index (κ2) is 11.7. The molecule has 0 radical (unpaired) electrons. The number of nitrogens with zero attached hydrogens (tertiary/aromatic N) is 2. The van der Waals surface area contributed by atoms with Crippen molar-refractivity contribution < 1.29 is 27.4 Å². The number of benzene rings is 3. The molecule has 0 saturated carbocycles. The minimum absolute atomic E-state index is 0.0628. The Morgan fingerprint density at radius 3 is 2.14 bits per heavy atom. The van der Waals surface area contributed by atoms with Gasteiger partial charge in [-0.2, -0.15) is 4.31 Å². The molecular weight excluding hydrogens is 468 g/mol. The highest BCUT2D eigenvalue weighted by molar-refractivity contribution is 7.89.